The zero-order valence-corrected chi connectivity index (χ0v) is 16.5. The van der Waals surface area contributed by atoms with Crippen molar-refractivity contribution in [1.82, 2.24) is 5.32 Å². The summed E-state index contributed by atoms with van der Waals surface area (Å²) in [6.07, 6.45) is 0. The third kappa shape index (κ3) is 5.72. The van der Waals surface area contributed by atoms with Crippen LogP contribution in [0.25, 0.3) is 0 Å². The number of hydrogen-bond acceptors (Lipinski definition) is 3. The minimum Gasteiger partial charge on any atom is -0.343 e. The van der Waals surface area contributed by atoms with Crippen LogP contribution in [0.1, 0.15) is 26.3 Å². The highest BCUT2D eigenvalue weighted by atomic mass is 19.2. The lowest BCUT2D eigenvalue weighted by molar-refractivity contribution is -0.115. The lowest BCUT2D eigenvalue weighted by atomic mass is 10.1. The summed E-state index contributed by atoms with van der Waals surface area (Å²) in [5, 5.41) is 7.49. The molecule has 0 saturated carbocycles. The Labute approximate surface area is 177 Å². The number of hydrogen-bond donors (Lipinski definition) is 3. The largest absolute Gasteiger partial charge is 0.343 e. The summed E-state index contributed by atoms with van der Waals surface area (Å²) in [5.41, 5.74) is 1.88. The summed E-state index contributed by atoms with van der Waals surface area (Å²) in [5.74, 6) is -3.71. The van der Waals surface area contributed by atoms with E-state index in [2.05, 4.69) is 16.0 Å². The van der Waals surface area contributed by atoms with Crippen molar-refractivity contribution in [2.45, 2.75) is 6.92 Å². The van der Waals surface area contributed by atoms with Crippen molar-refractivity contribution in [3.05, 3.63) is 95.1 Å². The fourth-order valence-electron chi connectivity index (χ4n) is 2.81. The molecule has 3 rings (SSSR count). The lowest BCUT2D eigenvalue weighted by Gasteiger charge is -2.12. The minimum absolute atomic E-state index is 0.0592. The smallest absolute Gasteiger partial charge is 0.255 e. The fourth-order valence-corrected chi connectivity index (χ4v) is 2.81. The van der Waals surface area contributed by atoms with E-state index in [0.717, 1.165) is 17.7 Å². The van der Waals surface area contributed by atoms with Crippen LogP contribution >= 0.6 is 0 Å². The van der Waals surface area contributed by atoms with Gasteiger partial charge >= 0.3 is 0 Å². The van der Waals surface area contributed by atoms with Crippen LogP contribution in [0, 0.1) is 18.6 Å². The van der Waals surface area contributed by atoms with Gasteiger partial charge in [0.25, 0.3) is 11.8 Å². The van der Waals surface area contributed by atoms with E-state index in [4.69, 9.17) is 0 Å². The molecule has 158 valence electrons. The Bertz CT molecular complexity index is 1150. The minimum atomic E-state index is -1.10. The van der Waals surface area contributed by atoms with Gasteiger partial charge in [0.15, 0.2) is 11.6 Å². The first-order chi connectivity index (χ1) is 14.8. The molecule has 31 heavy (non-hydrogen) atoms. The van der Waals surface area contributed by atoms with Crippen molar-refractivity contribution >= 4 is 29.1 Å². The molecule has 3 N–H and O–H groups in total. The van der Waals surface area contributed by atoms with E-state index in [9.17, 15) is 23.2 Å². The number of nitrogens with one attached hydrogen (secondary N) is 3. The molecule has 3 amide bonds. The second-order valence-corrected chi connectivity index (χ2v) is 6.73. The molecule has 6 nitrogen and oxygen atoms in total. The van der Waals surface area contributed by atoms with Crippen LogP contribution in [0.3, 0.4) is 0 Å². The van der Waals surface area contributed by atoms with Gasteiger partial charge in [0, 0.05) is 17.3 Å². The van der Waals surface area contributed by atoms with Gasteiger partial charge in [0.2, 0.25) is 5.91 Å². The highest BCUT2D eigenvalue weighted by molar-refractivity contribution is 6.09. The first-order valence-electron chi connectivity index (χ1n) is 9.33. The van der Waals surface area contributed by atoms with Crippen molar-refractivity contribution in [1.29, 1.82) is 0 Å². The number of rotatable bonds is 6. The summed E-state index contributed by atoms with van der Waals surface area (Å²) < 4.78 is 26.2. The number of carbonyl (C=O) groups is 3. The number of halogens is 2. The monoisotopic (exact) mass is 423 g/mol. The average Bonchev–Trinajstić information content (AvgIpc) is 2.75. The zero-order chi connectivity index (χ0) is 22.4. The van der Waals surface area contributed by atoms with Gasteiger partial charge in [-0.15, -0.1) is 0 Å². The van der Waals surface area contributed by atoms with Crippen LogP contribution in [0.2, 0.25) is 0 Å². The summed E-state index contributed by atoms with van der Waals surface area (Å²) in [7, 11) is 0. The maximum atomic E-state index is 13.2. The average molecular weight is 423 g/mol. The summed E-state index contributed by atoms with van der Waals surface area (Å²) in [4.78, 5) is 37.1. The first kappa shape index (κ1) is 21.6. The molecule has 0 aliphatic rings. The van der Waals surface area contributed by atoms with Crippen molar-refractivity contribution in [2.24, 2.45) is 0 Å². The Hall–Kier alpha value is -4.07. The maximum absolute atomic E-state index is 13.2. The molecule has 0 spiro atoms. The molecule has 0 bridgehead atoms. The summed E-state index contributed by atoms with van der Waals surface area (Å²) >= 11 is 0. The zero-order valence-electron chi connectivity index (χ0n) is 16.5. The highest BCUT2D eigenvalue weighted by Gasteiger charge is 2.15. The molecule has 3 aromatic rings. The van der Waals surface area contributed by atoms with Gasteiger partial charge in [-0.25, -0.2) is 8.78 Å². The molecule has 8 heteroatoms. The molecule has 3 aromatic carbocycles. The maximum Gasteiger partial charge on any atom is 0.255 e. The van der Waals surface area contributed by atoms with Crippen molar-refractivity contribution < 1.29 is 23.2 Å². The van der Waals surface area contributed by atoms with E-state index in [1.165, 1.54) is 12.1 Å². The van der Waals surface area contributed by atoms with Gasteiger partial charge in [-0.05, 0) is 43.3 Å². The Morgan fingerprint density at radius 1 is 0.806 bits per heavy atom. The third-order valence-electron chi connectivity index (χ3n) is 4.31. The first-order valence-corrected chi connectivity index (χ1v) is 9.33. The Balaban J connectivity index is 1.63. The van der Waals surface area contributed by atoms with Gasteiger partial charge < -0.3 is 16.0 Å². The molecule has 0 saturated heterocycles. The molecular formula is C23H19F2N3O3. The van der Waals surface area contributed by atoms with Gasteiger partial charge in [-0.3, -0.25) is 14.4 Å². The third-order valence-corrected chi connectivity index (χ3v) is 4.31. The van der Waals surface area contributed by atoms with E-state index < -0.39 is 30.0 Å². The van der Waals surface area contributed by atoms with E-state index in [-0.39, 0.29) is 22.8 Å². The molecule has 0 unspecified atom stereocenters. The van der Waals surface area contributed by atoms with Crippen LogP contribution < -0.4 is 16.0 Å². The molecule has 0 radical (unpaired) electrons. The van der Waals surface area contributed by atoms with Crippen LogP contribution in [-0.2, 0) is 4.79 Å². The van der Waals surface area contributed by atoms with Gasteiger partial charge in [-0.2, -0.15) is 0 Å². The lowest BCUT2D eigenvalue weighted by Crippen LogP contribution is -2.33. The number of carbonyl (C=O) groups excluding carboxylic acids is 3. The normalized spacial score (nSPS) is 10.3. The Kier molecular flexibility index (Phi) is 6.71. The standard InChI is InChI=1S/C23H19F2N3O3/c1-14-5-4-6-15(11-14)22(30)28-20-8-3-2-7-17(20)23(31)26-13-21(29)27-16-9-10-18(24)19(25)12-16/h2-12H,13H2,1H3,(H,26,31)(H,27,29)(H,28,30). The molecule has 0 aromatic heterocycles. The predicted molar refractivity (Wildman–Crippen MR) is 113 cm³/mol. The Morgan fingerprint density at radius 3 is 2.32 bits per heavy atom. The van der Waals surface area contributed by atoms with Gasteiger partial charge in [0.05, 0.1) is 17.8 Å². The second kappa shape index (κ2) is 9.62. The number of aryl methyl sites for hydroxylation is 1. The molecule has 0 heterocycles. The van der Waals surface area contributed by atoms with E-state index in [0.29, 0.717) is 5.56 Å². The number of anilines is 2. The molecule has 0 aliphatic carbocycles. The molecule has 0 atom stereocenters. The SMILES string of the molecule is Cc1cccc(C(=O)Nc2ccccc2C(=O)NCC(=O)Nc2ccc(F)c(F)c2)c1. The number of benzene rings is 3. The highest BCUT2D eigenvalue weighted by Crippen LogP contribution is 2.17. The summed E-state index contributed by atoms with van der Waals surface area (Å²) in [6, 6.07) is 16.3. The van der Waals surface area contributed by atoms with E-state index >= 15 is 0 Å². The van der Waals surface area contributed by atoms with E-state index in [1.807, 2.05) is 13.0 Å². The fraction of sp³-hybridized carbons (Fsp3) is 0.0870. The molecular weight excluding hydrogens is 404 g/mol. The topological polar surface area (TPSA) is 87.3 Å². The van der Waals surface area contributed by atoms with Crippen molar-refractivity contribution in [3.63, 3.8) is 0 Å². The number of para-hydroxylation sites is 1. The Morgan fingerprint density at radius 2 is 1.58 bits per heavy atom. The van der Waals surface area contributed by atoms with Crippen LogP contribution in [0.4, 0.5) is 20.2 Å². The van der Waals surface area contributed by atoms with E-state index in [1.54, 1.807) is 36.4 Å². The van der Waals surface area contributed by atoms with Crippen LogP contribution in [0.5, 0.6) is 0 Å². The van der Waals surface area contributed by atoms with Crippen molar-refractivity contribution in [2.75, 3.05) is 17.2 Å². The number of amides is 3. The second-order valence-electron chi connectivity index (χ2n) is 6.73. The van der Waals surface area contributed by atoms with Gasteiger partial charge in [-0.1, -0.05) is 29.8 Å². The summed E-state index contributed by atoms with van der Waals surface area (Å²) in [6.45, 7) is 1.46. The van der Waals surface area contributed by atoms with Crippen molar-refractivity contribution in [3.8, 4) is 0 Å². The van der Waals surface area contributed by atoms with Crippen LogP contribution in [-0.4, -0.2) is 24.3 Å². The quantitative estimate of drug-likeness (QED) is 0.562. The molecule has 0 fully saturated rings. The predicted octanol–water partition coefficient (Wildman–Crippen LogP) is 3.89. The van der Waals surface area contributed by atoms with Gasteiger partial charge in [0.1, 0.15) is 0 Å². The van der Waals surface area contributed by atoms with Crippen LogP contribution in [0.15, 0.2) is 66.7 Å². The molecule has 0 aliphatic heterocycles.